The Morgan fingerprint density at radius 2 is 1.84 bits per heavy atom. The van der Waals surface area contributed by atoms with Crippen LogP contribution in [-0.4, -0.2) is 0 Å². The predicted molar refractivity (Wildman–Crippen MR) is 74.5 cm³/mol. The summed E-state index contributed by atoms with van der Waals surface area (Å²) in [5.74, 6) is 0.542. The van der Waals surface area contributed by atoms with Crippen LogP contribution in [0.3, 0.4) is 0 Å². The molecule has 0 aliphatic heterocycles. The van der Waals surface area contributed by atoms with Crippen molar-refractivity contribution in [3.8, 4) is 5.75 Å². The van der Waals surface area contributed by atoms with Crippen molar-refractivity contribution in [2.45, 2.75) is 26.5 Å². The molecule has 0 heterocycles. The molecular weight excluding hydrogens is 241 g/mol. The molecule has 2 rings (SSSR count). The number of halogens is 1. The molecule has 0 saturated carbocycles. The lowest BCUT2D eigenvalue weighted by molar-refractivity contribution is 0.301. The van der Waals surface area contributed by atoms with Crippen LogP contribution in [0.25, 0.3) is 0 Å². The van der Waals surface area contributed by atoms with Crippen LogP contribution in [-0.2, 0) is 6.61 Å². The summed E-state index contributed by atoms with van der Waals surface area (Å²) in [5.41, 5.74) is 9.01. The average Bonchev–Trinajstić information content (AvgIpc) is 2.39. The van der Waals surface area contributed by atoms with Crippen molar-refractivity contribution in [2.24, 2.45) is 5.73 Å². The molecule has 0 spiro atoms. The second kappa shape index (κ2) is 5.85. The SMILES string of the molecule is Cc1ccc(OCc2ccc(F)cc2)c(C(C)N)c1. The first-order chi connectivity index (χ1) is 9.06. The van der Waals surface area contributed by atoms with E-state index in [1.807, 2.05) is 32.0 Å². The van der Waals surface area contributed by atoms with E-state index in [4.69, 9.17) is 10.5 Å². The standard InChI is InChI=1S/C16H18FNO/c1-11-3-8-16(15(9-11)12(2)18)19-10-13-4-6-14(17)7-5-13/h3-9,12H,10,18H2,1-2H3. The lowest BCUT2D eigenvalue weighted by Crippen LogP contribution is -2.08. The zero-order valence-electron chi connectivity index (χ0n) is 11.2. The molecule has 3 heteroatoms. The Labute approximate surface area is 113 Å². The third kappa shape index (κ3) is 3.55. The van der Waals surface area contributed by atoms with E-state index in [2.05, 4.69) is 0 Å². The largest absolute Gasteiger partial charge is 0.489 e. The van der Waals surface area contributed by atoms with Crippen molar-refractivity contribution in [3.05, 3.63) is 65.0 Å². The minimum atomic E-state index is -0.240. The van der Waals surface area contributed by atoms with Gasteiger partial charge in [0.1, 0.15) is 18.2 Å². The van der Waals surface area contributed by atoms with E-state index in [1.165, 1.54) is 12.1 Å². The van der Waals surface area contributed by atoms with Gasteiger partial charge in [0.2, 0.25) is 0 Å². The molecule has 0 radical (unpaired) electrons. The molecule has 0 amide bonds. The number of nitrogens with two attached hydrogens (primary N) is 1. The fourth-order valence-electron chi connectivity index (χ4n) is 1.90. The van der Waals surface area contributed by atoms with Gasteiger partial charge in [0.25, 0.3) is 0 Å². The first-order valence-electron chi connectivity index (χ1n) is 6.29. The lowest BCUT2D eigenvalue weighted by Gasteiger charge is -2.15. The maximum Gasteiger partial charge on any atom is 0.124 e. The fourth-order valence-corrected chi connectivity index (χ4v) is 1.90. The molecule has 2 nitrogen and oxygen atoms in total. The van der Waals surface area contributed by atoms with Crippen LogP contribution < -0.4 is 10.5 Å². The van der Waals surface area contributed by atoms with Gasteiger partial charge in [-0.2, -0.15) is 0 Å². The molecule has 2 aromatic rings. The molecule has 19 heavy (non-hydrogen) atoms. The maximum atomic E-state index is 12.8. The van der Waals surface area contributed by atoms with E-state index in [-0.39, 0.29) is 11.9 Å². The zero-order valence-corrected chi connectivity index (χ0v) is 11.2. The second-order valence-corrected chi connectivity index (χ2v) is 4.75. The Kier molecular flexibility index (Phi) is 4.17. The summed E-state index contributed by atoms with van der Waals surface area (Å²) in [6.07, 6.45) is 0. The van der Waals surface area contributed by atoms with E-state index < -0.39 is 0 Å². The summed E-state index contributed by atoms with van der Waals surface area (Å²) in [5, 5.41) is 0. The van der Waals surface area contributed by atoms with Crippen LogP contribution >= 0.6 is 0 Å². The molecule has 1 atom stereocenters. The summed E-state index contributed by atoms with van der Waals surface area (Å²) in [4.78, 5) is 0. The lowest BCUT2D eigenvalue weighted by atomic mass is 10.1. The normalized spacial score (nSPS) is 12.2. The van der Waals surface area contributed by atoms with Crippen LogP contribution in [0.5, 0.6) is 5.75 Å². The summed E-state index contributed by atoms with van der Waals surface area (Å²) >= 11 is 0. The van der Waals surface area contributed by atoms with Crippen LogP contribution in [0.1, 0.15) is 29.7 Å². The van der Waals surface area contributed by atoms with Crippen molar-refractivity contribution < 1.29 is 9.13 Å². The van der Waals surface area contributed by atoms with E-state index in [9.17, 15) is 4.39 Å². The van der Waals surface area contributed by atoms with Crippen LogP contribution in [0.4, 0.5) is 4.39 Å². The van der Waals surface area contributed by atoms with Gasteiger partial charge in [-0.05, 0) is 37.6 Å². The van der Waals surface area contributed by atoms with Gasteiger partial charge in [-0.1, -0.05) is 29.8 Å². The number of benzene rings is 2. The molecule has 0 bridgehead atoms. The van der Waals surface area contributed by atoms with Gasteiger partial charge < -0.3 is 10.5 Å². The van der Waals surface area contributed by atoms with E-state index >= 15 is 0 Å². The highest BCUT2D eigenvalue weighted by Gasteiger charge is 2.08. The van der Waals surface area contributed by atoms with Crippen molar-refractivity contribution in [1.82, 2.24) is 0 Å². The number of hydrogen-bond donors (Lipinski definition) is 1. The quantitative estimate of drug-likeness (QED) is 0.908. The Morgan fingerprint density at radius 1 is 1.16 bits per heavy atom. The number of hydrogen-bond acceptors (Lipinski definition) is 2. The third-order valence-electron chi connectivity index (χ3n) is 2.96. The number of rotatable bonds is 4. The summed E-state index contributed by atoms with van der Waals surface area (Å²) < 4.78 is 18.6. The Balaban J connectivity index is 2.13. The molecule has 2 aromatic carbocycles. The van der Waals surface area contributed by atoms with Crippen LogP contribution in [0.2, 0.25) is 0 Å². The zero-order chi connectivity index (χ0) is 13.8. The Morgan fingerprint density at radius 3 is 2.47 bits per heavy atom. The van der Waals surface area contributed by atoms with Gasteiger partial charge in [0, 0.05) is 11.6 Å². The fraction of sp³-hybridized carbons (Fsp3) is 0.250. The molecule has 0 aliphatic carbocycles. The van der Waals surface area contributed by atoms with E-state index in [0.717, 1.165) is 22.4 Å². The topological polar surface area (TPSA) is 35.2 Å². The minimum Gasteiger partial charge on any atom is -0.489 e. The van der Waals surface area contributed by atoms with Crippen LogP contribution in [0, 0.1) is 12.7 Å². The maximum absolute atomic E-state index is 12.8. The minimum absolute atomic E-state index is 0.0804. The molecule has 0 fully saturated rings. The molecule has 2 N–H and O–H groups in total. The molecular formula is C16H18FNO. The molecule has 100 valence electrons. The monoisotopic (exact) mass is 259 g/mol. The van der Waals surface area contributed by atoms with Gasteiger partial charge in [0.15, 0.2) is 0 Å². The summed E-state index contributed by atoms with van der Waals surface area (Å²) in [7, 11) is 0. The smallest absolute Gasteiger partial charge is 0.124 e. The third-order valence-corrected chi connectivity index (χ3v) is 2.96. The molecule has 0 aromatic heterocycles. The van der Waals surface area contributed by atoms with Gasteiger partial charge in [-0.15, -0.1) is 0 Å². The summed E-state index contributed by atoms with van der Waals surface area (Å²) in [6, 6.07) is 12.2. The second-order valence-electron chi connectivity index (χ2n) is 4.75. The van der Waals surface area contributed by atoms with Crippen molar-refractivity contribution in [2.75, 3.05) is 0 Å². The Hall–Kier alpha value is -1.87. The van der Waals surface area contributed by atoms with Crippen molar-refractivity contribution in [1.29, 1.82) is 0 Å². The first-order valence-corrected chi connectivity index (χ1v) is 6.29. The average molecular weight is 259 g/mol. The van der Waals surface area contributed by atoms with Crippen molar-refractivity contribution >= 4 is 0 Å². The van der Waals surface area contributed by atoms with Crippen molar-refractivity contribution in [3.63, 3.8) is 0 Å². The highest BCUT2D eigenvalue weighted by Crippen LogP contribution is 2.25. The van der Waals surface area contributed by atoms with E-state index in [1.54, 1.807) is 12.1 Å². The highest BCUT2D eigenvalue weighted by atomic mass is 19.1. The van der Waals surface area contributed by atoms with Gasteiger partial charge in [-0.25, -0.2) is 4.39 Å². The van der Waals surface area contributed by atoms with Gasteiger partial charge >= 0.3 is 0 Å². The first kappa shape index (κ1) is 13.6. The summed E-state index contributed by atoms with van der Waals surface area (Å²) in [6.45, 7) is 4.36. The van der Waals surface area contributed by atoms with E-state index in [0.29, 0.717) is 6.61 Å². The Bertz CT molecular complexity index is 549. The van der Waals surface area contributed by atoms with Crippen LogP contribution in [0.15, 0.2) is 42.5 Å². The predicted octanol–water partition coefficient (Wildman–Crippen LogP) is 3.73. The highest BCUT2D eigenvalue weighted by molar-refractivity contribution is 5.39. The molecule has 0 saturated heterocycles. The van der Waals surface area contributed by atoms with Gasteiger partial charge in [0.05, 0.1) is 0 Å². The van der Waals surface area contributed by atoms with Gasteiger partial charge in [-0.3, -0.25) is 0 Å². The molecule has 1 unspecified atom stereocenters. The molecule has 0 aliphatic rings. The number of ether oxygens (including phenoxy) is 1. The number of aryl methyl sites for hydroxylation is 1.